The van der Waals surface area contributed by atoms with Gasteiger partial charge in [0.2, 0.25) is 5.43 Å². The number of aromatic nitrogens is 1. The van der Waals surface area contributed by atoms with Crippen molar-refractivity contribution in [2.24, 2.45) is 0 Å². The summed E-state index contributed by atoms with van der Waals surface area (Å²) in [6.07, 6.45) is 3.29. The van der Waals surface area contributed by atoms with Crippen LogP contribution in [0.4, 0.5) is 10.1 Å². The summed E-state index contributed by atoms with van der Waals surface area (Å²) in [5.74, 6) is -1.76. The van der Waals surface area contributed by atoms with E-state index in [1.165, 1.54) is 12.3 Å². The minimum Gasteiger partial charge on any atom is -0.477 e. The summed E-state index contributed by atoms with van der Waals surface area (Å²) in [7, 11) is 0. The van der Waals surface area contributed by atoms with Crippen LogP contribution in [-0.4, -0.2) is 41.3 Å². The first kappa shape index (κ1) is 16.1. The number of carboxylic acid groups (broad SMARTS) is 1. The average molecular weight is 345 g/mol. The molecule has 0 amide bonds. The Morgan fingerprint density at radius 2 is 2.12 bits per heavy atom. The van der Waals surface area contributed by atoms with Gasteiger partial charge in [-0.2, -0.15) is 0 Å². The van der Waals surface area contributed by atoms with Crippen molar-refractivity contribution in [3.63, 3.8) is 0 Å². The molecule has 0 radical (unpaired) electrons. The van der Waals surface area contributed by atoms with E-state index < -0.39 is 17.2 Å². The van der Waals surface area contributed by atoms with Crippen molar-refractivity contribution >= 4 is 22.6 Å². The van der Waals surface area contributed by atoms with Gasteiger partial charge < -0.3 is 19.9 Å². The molecule has 2 fully saturated rings. The van der Waals surface area contributed by atoms with Gasteiger partial charge in [0.15, 0.2) is 0 Å². The summed E-state index contributed by atoms with van der Waals surface area (Å²) in [5.41, 5.74) is 0.152. The molecule has 2 aliphatic rings. The zero-order chi connectivity index (χ0) is 17.7. The molecule has 2 aromatic rings. The van der Waals surface area contributed by atoms with Gasteiger partial charge in [0.05, 0.1) is 11.2 Å². The fourth-order valence-electron chi connectivity index (χ4n) is 3.56. The molecule has 7 heteroatoms. The van der Waals surface area contributed by atoms with Crippen molar-refractivity contribution in [3.8, 4) is 0 Å². The lowest BCUT2D eigenvalue weighted by Crippen LogP contribution is -2.49. The zero-order valence-corrected chi connectivity index (χ0v) is 14.0. The summed E-state index contributed by atoms with van der Waals surface area (Å²) in [4.78, 5) is 25.8. The molecule has 1 aromatic heterocycles. The van der Waals surface area contributed by atoms with Crippen LogP contribution in [0.25, 0.3) is 10.9 Å². The third kappa shape index (κ3) is 2.78. The van der Waals surface area contributed by atoms with Crippen LogP contribution < -0.4 is 15.6 Å². The van der Waals surface area contributed by atoms with E-state index in [-0.39, 0.29) is 23.0 Å². The number of nitrogens with zero attached hydrogens (tertiary/aromatic N) is 2. The first-order chi connectivity index (χ1) is 12.0. The Hall–Kier alpha value is -2.41. The number of anilines is 1. The first-order valence-electron chi connectivity index (χ1n) is 8.55. The Balaban J connectivity index is 1.92. The van der Waals surface area contributed by atoms with Crippen LogP contribution >= 0.6 is 0 Å². The van der Waals surface area contributed by atoms with E-state index in [1.807, 2.05) is 16.4 Å². The van der Waals surface area contributed by atoms with Gasteiger partial charge in [0.25, 0.3) is 0 Å². The van der Waals surface area contributed by atoms with Crippen LogP contribution in [0, 0.1) is 5.82 Å². The smallest absolute Gasteiger partial charge is 0.341 e. The number of benzene rings is 1. The van der Waals surface area contributed by atoms with Crippen molar-refractivity contribution in [1.82, 2.24) is 9.88 Å². The van der Waals surface area contributed by atoms with E-state index in [9.17, 15) is 19.1 Å². The Morgan fingerprint density at radius 3 is 2.76 bits per heavy atom. The lowest BCUT2D eigenvalue weighted by atomic mass is 10.1. The SMILES string of the molecule is C[C@H]1CN(c2cc3c(cc2F)c(=O)c(C(=O)O)cn3C2CC2)CCN1. The summed E-state index contributed by atoms with van der Waals surface area (Å²) >= 11 is 0. The summed E-state index contributed by atoms with van der Waals surface area (Å²) in [5, 5.41) is 12.7. The highest BCUT2D eigenvalue weighted by atomic mass is 19.1. The minimum atomic E-state index is -1.28. The normalized spacial score (nSPS) is 20.9. The van der Waals surface area contributed by atoms with Gasteiger partial charge in [0, 0.05) is 43.3 Å². The average Bonchev–Trinajstić information content (AvgIpc) is 3.39. The molecule has 0 unspecified atom stereocenters. The standard InChI is InChI=1S/C18H20FN3O3/c1-10-8-21(5-4-20-10)16-7-15-12(6-14(16)19)17(23)13(18(24)25)9-22(15)11-2-3-11/h6-7,9-11,20H,2-5,8H2,1H3,(H,24,25)/t10-/m0/s1. The third-order valence-corrected chi connectivity index (χ3v) is 4.98. The molecule has 1 saturated heterocycles. The number of piperazine rings is 1. The molecule has 2 N–H and O–H groups in total. The number of carboxylic acids is 1. The highest BCUT2D eigenvalue weighted by molar-refractivity contribution is 5.93. The van der Waals surface area contributed by atoms with Crippen LogP contribution in [-0.2, 0) is 0 Å². The third-order valence-electron chi connectivity index (χ3n) is 4.98. The largest absolute Gasteiger partial charge is 0.477 e. The quantitative estimate of drug-likeness (QED) is 0.890. The Kier molecular flexibility index (Phi) is 3.76. The molecule has 0 spiro atoms. The second-order valence-electron chi connectivity index (χ2n) is 6.94. The summed E-state index contributed by atoms with van der Waals surface area (Å²) in [6, 6.07) is 3.34. The van der Waals surface area contributed by atoms with Crippen LogP contribution in [0.5, 0.6) is 0 Å². The Morgan fingerprint density at radius 1 is 1.36 bits per heavy atom. The van der Waals surface area contributed by atoms with Gasteiger partial charge in [-0.15, -0.1) is 0 Å². The minimum absolute atomic E-state index is 0.135. The number of nitrogens with one attached hydrogen (secondary N) is 1. The van der Waals surface area contributed by atoms with Gasteiger partial charge in [0.1, 0.15) is 11.4 Å². The molecule has 25 heavy (non-hydrogen) atoms. The van der Waals surface area contributed by atoms with Crippen molar-refractivity contribution in [2.45, 2.75) is 31.8 Å². The second kappa shape index (κ2) is 5.84. The first-order valence-corrected chi connectivity index (χ1v) is 8.55. The van der Waals surface area contributed by atoms with E-state index >= 15 is 0 Å². The molecule has 1 aliphatic heterocycles. The molecule has 4 rings (SSSR count). The van der Waals surface area contributed by atoms with Crippen molar-refractivity contribution in [1.29, 1.82) is 0 Å². The lowest BCUT2D eigenvalue weighted by Gasteiger charge is -2.34. The Labute approximate surface area is 143 Å². The van der Waals surface area contributed by atoms with Gasteiger partial charge in [-0.05, 0) is 31.9 Å². The molecule has 1 atom stereocenters. The molecule has 2 heterocycles. The number of halogens is 1. The number of pyridine rings is 1. The van der Waals surface area contributed by atoms with Crippen molar-refractivity contribution in [3.05, 3.63) is 39.9 Å². The maximum absolute atomic E-state index is 14.7. The van der Waals surface area contributed by atoms with Crippen molar-refractivity contribution in [2.75, 3.05) is 24.5 Å². The lowest BCUT2D eigenvalue weighted by molar-refractivity contribution is 0.0695. The van der Waals surface area contributed by atoms with Crippen LogP contribution in [0.3, 0.4) is 0 Å². The predicted molar refractivity (Wildman–Crippen MR) is 93.1 cm³/mol. The van der Waals surface area contributed by atoms with Crippen molar-refractivity contribution < 1.29 is 14.3 Å². The van der Waals surface area contributed by atoms with Gasteiger partial charge in [-0.25, -0.2) is 9.18 Å². The molecular weight excluding hydrogens is 325 g/mol. The number of fused-ring (bicyclic) bond motifs is 1. The summed E-state index contributed by atoms with van der Waals surface area (Å²) in [6.45, 7) is 4.19. The number of aromatic carboxylic acids is 1. The van der Waals surface area contributed by atoms with E-state index in [4.69, 9.17) is 0 Å². The molecule has 1 aromatic carbocycles. The highest BCUT2D eigenvalue weighted by Gasteiger charge is 2.28. The number of hydrogen-bond acceptors (Lipinski definition) is 4. The molecule has 1 saturated carbocycles. The number of hydrogen-bond donors (Lipinski definition) is 2. The second-order valence-corrected chi connectivity index (χ2v) is 6.94. The molecule has 132 valence electrons. The van der Waals surface area contributed by atoms with Crippen LogP contribution in [0.1, 0.15) is 36.2 Å². The zero-order valence-electron chi connectivity index (χ0n) is 14.0. The monoisotopic (exact) mass is 345 g/mol. The fraction of sp³-hybridized carbons (Fsp3) is 0.444. The maximum atomic E-state index is 14.7. The fourth-order valence-corrected chi connectivity index (χ4v) is 3.56. The number of rotatable bonds is 3. The molecule has 0 bridgehead atoms. The number of carbonyl (C=O) groups is 1. The molecular formula is C18H20FN3O3. The summed E-state index contributed by atoms with van der Waals surface area (Å²) < 4.78 is 16.6. The van der Waals surface area contributed by atoms with Gasteiger partial charge in [-0.1, -0.05) is 0 Å². The maximum Gasteiger partial charge on any atom is 0.341 e. The van der Waals surface area contributed by atoms with E-state index in [1.54, 1.807) is 6.07 Å². The topological polar surface area (TPSA) is 74.6 Å². The predicted octanol–water partition coefficient (Wildman–Crippen LogP) is 1.97. The van der Waals surface area contributed by atoms with Crippen LogP contribution in [0.2, 0.25) is 0 Å². The molecule has 1 aliphatic carbocycles. The van der Waals surface area contributed by atoms with E-state index in [0.29, 0.717) is 24.3 Å². The van der Waals surface area contributed by atoms with Gasteiger partial charge in [-0.3, -0.25) is 4.79 Å². The van der Waals surface area contributed by atoms with Gasteiger partial charge >= 0.3 is 5.97 Å². The van der Waals surface area contributed by atoms with E-state index in [0.717, 1.165) is 19.4 Å². The molecule has 6 nitrogen and oxygen atoms in total. The van der Waals surface area contributed by atoms with Crippen LogP contribution in [0.15, 0.2) is 23.1 Å². The highest BCUT2D eigenvalue weighted by Crippen LogP contribution is 2.38. The van der Waals surface area contributed by atoms with E-state index in [2.05, 4.69) is 5.32 Å². The Bertz CT molecular complexity index is 920.